The Morgan fingerprint density at radius 1 is 1.15 bits per heavy atom. The fourth-order valence-corrected chi connectivity index (χ4v) is 3.40. The van der Waals surface area contributed by atoms with Crippen molar-refractivity contribution in [2.24, 2.45) is 12.1 Å². The summed E-state index contributed by atoms with van der Waals surface area (Å²) in [6.07, 6.45) is 1.66. The molecule has 1 aliphatic rings. The maximum Gasteiger partial charge on any atom is 0.265 e. The second-order valence-corrected chi connectivity index (χ2v) is 6.93. The summed E-state index contributed by atoms with van der Waals surface area (Å²) in [6.45, 7) is 0.245. The number of anilines is 1. The lowest BCUT2D eigenvalue weighted by Gasteiger charge is -2.00. The molecule has 0 aliphatic carbocycles. The Kier molecular flexibility index (Phi) is 3.68. The van der Waals surface area contributed by atoms with Gasteiger partial charge in [-0.3, -0.25) is 0 Å². The highest BCUT2D eigenvalue weighted by Crippen LogP contribution is 2.32. The molecule has 0 amide bonds. The summed E-state index contributed by atoms with van der Waals surface area (Å²) in [5, 5.41) is 13.6. The van der Waals surface area contributed by atoms with Crippen LogP contribution in [0.4, 0.5) is 5.95 Å². The van der Waals surface area contributed by atoms with Gasteiger partial charge in [-0.1, -0.05) is 15.9 Å². The van der Waals surface area contributed by atoms with Crippen LogP contribution in [0.2, 0.25) is 0 Å². The SMILES string of the molecule is Cn1c2ccc(Br)cc2c2nnc(N/N=C/c3ccc4c(c3)OCO4)nc21. The van der Waals surface area contributed by atoms with E-state index < -0.39 is 0 Å². The highest BCUT2D eigenvalue weighted by Gasteiger charge is 2.14. The Morgan fingerprint density at radius 2 is 2.04 bits per heavy atom. The standard InChI is InChI=1S/C18H13BrN6O2/c1-25-13-4-3-11(19)7-12(13)16-17(25)21-18(24-22-16)23-20-8-10-2-5-14-15(6-10)27-9-26-14/h2-8H,9H2,1H3,(H,21,23,24)/b20-8+. The molecule has 0 spiro atoms. The lowest BCUT2D eigenvalue weighted by molar-refractivity contribution is 0.174. The molecule has 0 unspecified atom stereocenters. The van der Waals surface area contributed by atoms with Crippen molar-refractivity contribution in [3.8, 4) is 11.5 Å². The first-order chi connectivity index (χ1) is 13.2. The van der Waals surface area contributed by atoms with Gasteiger partial charge in [0, 0.05) is 16.9 Å². The summed E-state index contributed by atoms with van der Waals surface area (Å²) < 4.78 is 13.6. The molecule has 0 atom stereocenters. The monoisotopic (exact) mass is 424 g/mol. The minimum absolute atomic E-state index is 0.245. The van der Waals surface area contributed by atoms with E-state index in [0.29, 0.717) is 11.7 Å². The third-order valence-electron chi connectivity index (χ3n) is 4.34. The number of hydrazone groups is 1. The molecule has 0 saturated heterocycles. The number of nitrogens with one attached hydrogen (secondary N) is 1. The van der Waals surface area contributed by atoms with Crippen molar-refractivity contribution in [1.29, 1.82) is 0 Å². The number of aromatic nitrogens is 4. The minimum atomic E-state index is 0.245. The molecular formula is C18H13BrN6O2. The van der Waals surface area contributed by atoms with Crippen LogP contribution in [0.25, 0.3) is 22.1 Å². The largest absolute Gasteiger partial charge is 0.454 e. The number of hydrogen-bond acceptors (Lipinski definition) is 7. The highest BCUT2D eigenvalue weighted by molar-refractivity contribution is 9.10. The molecule has 0 radical (unpaired) electrons. The first-order valence-corrected chi connectivity index (χ1v) is 8.95. The number of ether oxygens (including phenoxy) is 2. The van der Waals surface area contributed by atoms with Gasteiger partial charge in [0.1, 0.15) is 5.52 Å². The smallest absolute Gasteiger partial charge is 0.265 e. The van der Waals surface area contributed by atoms with Crippen molar-refractivity contribution >= 4 is 50.2 Å². The predicted molar refractivity (Wildman–Crippen MR) is 105 cm³/mol. The molecule has 5 rings (SSSR count). The van der Waals surface area contributed by atoms with E-state index >= 15 is 0 Å². The van der Waals surface area contributed by atoms with Crippen LogP contribution in [0.3, 0.4) is 0 Å². The number of benzene rings is 2. The molecule has 0 fully saturated rings. The van der Waals surface area contributed by atoms with Gasteiger partial charge in [-0.25, -0.2) is 5.43 Å². The zero-order valence-electron chi connectivity index (χ0n) is 14.2. The van der Waals surface area contributed by atoms with Crippen LogP contribution in [-0.2, 0) is 7.05 Å². The molecule has 2 aromatic carbocycles. The van der Waals surface area contributed by atoms with Crippen molar-refractivity contribution in [2.75, 3.05) is 12.2 Å². The predicted octanol–water partition coefficient (Wildman–Crippen LogP) is 3.45. The summed E-state index contributed by atoms with van der Waals surface area (Å²) in [5.41, 5.74) is 6.22. The van der Waals surface area contributed by atoms with Crippen molar-refractivity contribution in [2.45, 2.75) is 0 Å². The Bertz CT molecular complexity index is 1220. The number of fused-ring (bicyclic) bond motifs is 4. The van der Waals surface area contributed by atoms with Crippen molar-refractivity contribution in [1.82, 2.24) is 19.7 Å². The summed E-state index contributed by atoms with van der Waals surface area (Å²) in [5.74, 6) is 1.77. The molecule has 0 bridgehead atoms. The van der Waals surface area contributed by atoms with E-state index in [1.54, 1.807) is 6.21 Å². The van der Waals surface area contributed by atoms with Gasteiger partial charge in [0.25, 0.3) is 5.95 Å². The normalized spacial score (nSPS) is 13.1. The van der Waals surface area contributed by atoms with Gasteiger partial charge in [-0.15, -0.1) is 10.2 Å². The Morgan fingerprint density at radius 3 is 2.96 bits per heavy atom. The van der Waals surface area contributed by atoms with Crippen LogP contribution in [0.5, 0.6) is 11.5 Å². The van der Waals surface area contributed by atoms with Gasteiger partial charge in [0.2, 0.25) is 6.79 Å². The first-order valence-electron chi connectivity index (χ1n) is 8.16. The zero-order chi connectivity index (χ0) is 18.4. The van der Waals surface area contributed by atoms with Crippen molar-refractivity contribution in [3.05, 3.63) is 46.4 Å². The van der Waals surface area contributed by atoms with E-state index in [2.05, 4.69) is 41.6 Å². The van der Waals surface area contributed by atoms with Crippen LogP contribution in [0.15, 0.2) is 46.0 Å². The topological polar surface area (TPSA) is 86.5 Å². The van der Waals surface area contributed by atoms with Gasteiger partial charge < -0.3 is 14.0 Å². The maximum atomic E-state index is 5.36. The molecule has 0 saturated carbocycles. The molecule has 1 N–H and O–H groups in total. The lowest BCUT2D eigenvalue weighted by atomic mass is 10.2. The summed E-state index contributed by atoms with van der Waals surface area (Å²) in [7, 11) is 1.95. The molecule has 2 aromatic heterocycles. The van der Waals surface area contributed by atoms with E-state index in [-0.39, 0.29) is 6.79 Å². The molecule has 4 aromatic rings. The minimum Gasteiger partial charge on any atom is -0.454 e. The second kappa shape index (κ2) is 6.20. The molecule has 1 aliphatic heterocycles. The number of aryl methyl sites for hydroxylation is 1. The number of rotatable bonds is 3. The number of halogens is 1. The summed E-state index contributed by atoms with van der Waals surface area (Å²) in [6, 6.07) is 11.6. The molecule has 27 heavy (non-hydrogen) atoms. The average molecular weight is 425 g/mol. The Labute approximate surface area is 161 Å². The van der Waals surface area contributed by atoms with Crippen LogP contribution in [0.1, 0.15) is 5.56 Å². The van der Waals surface area contributed by atoms with Crippen LogP contribution in [-0.4, -0.2) is 32.8 Å². The van der Waals surface area contributed by atoms with Gasteiger partial charge in [0.15, 0.2) is 17.1 Å². The number of hydrogen-bond donors (Lipinski definition) is 1. The average Bonchev–Trinajstić information content (AvgIpc) is 3.24. The zero-order valence-corrected chi connectivity index (χ0v) is 15.8. The van der Waals surface area contributed by atoms with Crippen LogP contribution in [0, 0.1) is 0 Å². The van der Waals surface area contributed by atoms with E-state index in [9.17, 15) is 0 Å². The van der Waals surface area contributed by atoms with Crippen molar-refractivity contribution in [3.63, 3.8) is 0 Å². The molecular weight excluding hydrogens is 412 g/mol. The highest BCUT2D eigenvalue weighted by atomic mass is 79.9. The quantitative estimate of drug-likeness (QED) is 0.400. The third kappa shape index (κ3) is 2.76. The Balaban J connectivity index is 1.43. The molecule has 9 heteroatoms. The first kappa shape index (κ1) is 16.0. The second-order valence-electron chi connectivity index (χ2n) is 6.01. The van der Waals surface area contributed by atoms with E-state index in [4.69, 9.17) is 9.47 Å². The number of nitrogens with zero attached hydrogens (tertiary/aromatic N) is 5. The lowest BCUT2D eigenvalue weighted by Crippen LogP contribution is -2.00. The van der Waals surface area contributed by atoms with E-state index in [0.717, 1.165) is 37.9 Å². The molecule has 8 nitrogen and oxygen atoms in total. The maximum absolute atomic E-state index is 5.36. The van der Waals surface area contributed by atoms with Crippen LogP contribution >= 0.6 is 15.9 Å². The third-order valence-corrected chi connectivity index (χ3v) is 4.83. The summed E-state index contributed by atoms with van der Waals surface area (Å²) >= 11 is 3.49. The fourth-order valence-electron chi connectivity index (χ4n) is 3.04. The fraction of sp³-hybridized carbons (Fsp3) is 0.111. The van der Waals surface area contributed by atoms with Gasteiger partial charge in [-0.05, 0) is 42.0 Å². The van der Waals surface area contributed by atoms with Crippen LogP contribution < -0.4 is 14.9 Å². The van der Waals surface area contributed by atoms with Crippen molar-refractivity contribution < 1.29 is 9.47 Å². The van der Waals surface area contributed by atoms with Gasteiger partial charge >= 0.3 is 0 Å². The van der Waals surface area contributed by atoms with E-state index in [1.165, 1.54) is 0 Å². The van der Waals surface area contributed by atoms with Gasteiger partial charge in [0.05, 0.1) is 11.7 Å². The van der Waals surface area contributed by atoms with Gasteiger partial charge in [-0.2, -0.15) is 10.1 Å². The molecule has 3 heterocycles. The summed E-state index contributed by atoms with van der Waals surface area (Å²) in [4.78, 5) is 4.54. The Hall–Kier alpha value is -3.20. The molecule has 134 valence electrons. The van der Waals surface area contributed by atoms with E-state index in [1.807, 2.05) is 48.0 Å².